The summed E-state index contributed by atoms with van der Waals surface area (Å²) in [6.45, 7) is 1.04. The van der Waals surface area contributed by atoms with Crippen molar-refractivity contribution in [1.82, 2.24) is 30.0 Å². The number of nitrogens with zero attached hydrogens (tertiary/aromatic N) is 6. The maximum atomic E-state index is 12.7. The van der Waals surface area contributed by atoms with Crippen LogP contribution in [0.1, 0.15) is 22.3 Å². The second-order valence-corrected chi connectivity index (χ2v) is 7.20. The molecule has 0 radical (unpaired) electrons. The lowest BCUT2D eigenvalue weighted by molar-refractivity contribution is 0.0564. The number of rotatable bonds is 4. The van der Waals surface area contributed by atoms with E-state index in [1.165, 1.54) is 11.3 Å². The van der Waals surface area contributed by atoms with Crippen molar-refractivity contribution in [2.45, 2.75) is 5.92 Å². The molecule has 4 aromatic rings. The molecule has 1 aromatic carbocycles. The van der Waals surface area contributed by atoms with E-state index in [2.05, 4.69) is 25.1 Å². The molecule has 0 unspecified atom stereocenters. The summed E-state index contributed by atoms with van der Waals surface area (Å²) in [5, 5.41) is 6.57. The van der Waals surface area contributed by atoms with Crippen LogP contribution in [-0.4, -0.2) is 49.0 Å². The Labute approximate surface area is 163 Å². The zero-order valence-corrected chi connectivity index (χ0v) is 15.4. The summed E-state index contributed by atoms with van der Waals surface area (Å²) < 4.78 is 5.33. The number of carbonyl (C=O) groups excluding carboxylic acids is 1. The lowest BCUT2D eigenvalue weighted by Gasteiger charge is -2.36. The van der Waals surface area contributed by atoms with E-state index in [4.69, 9.17) is 4.52 Å². The minimum atomic E-state index is -0.0826. The van der Waals surface area contributed by atoms with Gasteiger partial charge in [-0.2, -0.15) is 4.98 Å². The first kappa shape index (κ1) is 16.7. The van der Waals surface area contributed by atoms with Gasteiger partial charge < -0.3 is 9.42 Å². The Bertz CT molecular complexity index is 1110. The van der Waals surface area contributed by atoms with E-state index in [1.54, 1.807) is 28.7 Å². The molecule has 8 nitrogen and oxygen atoms in total. The van der Waals surface area contributed by atoms with E-state index >= 15 is 0 Å². The minimum absolute atomic E-state index is 0.0149. The zero-order valence-electron chi connectivity index (χ0n) is 14.6. The Kier molecular flexibility index (Phi) is 4.13. The molecule has 0 N–H and O–H groups in total. The average Bonchev–Trinajstić information content (AvgIpc) is 3.38. The van der Waals surface area contributed by atoms with E-state index in [1.807, 2.05) is 30.3 Å². The lowest BCUT2D eigenvalue weighted by Crippen LogP contribution is -2.48. The molecule has 9 heteroatoms. The Morgan fingerprint density at radius 2 is 1.82 bits per heavy atom. The summed E-state index contributed by atoms with van der Waals surface area (Å²) in [5.74, 6) is 1.20. The largest absolute Gasteiger partial charge is 0.338 e. The normalized spacial score (nSPS) is 14.1. The molecule has 1 amide bonds. The SMILES string of the molecule is O=C(c1csc(-c2ccccc2)n1)N1CC(c2nc(-c3ncccn3)no2)C1. The van der Waals surface area contributed by atoms with Gasteiger partial charge in [-0.05, 0) is 6.07 Å². The highest BCUT2D eigenvalue weighted by Gasteiger charge is 2.37. The number of carbonyl (C=O) groups is 1. The van der Waals surface area contributed by atoms with E-state index in [9.17, 15) is 4.79 Å². The molecule has 0 saturated carbocycles. The first-order valence-electron chi connectivity index (χ1n) is 8.69. The average molecular weight is 390 g/mol. The first-order valence-corrected chi connectivity index (χ1v) is 9.57. The van der Waals surface area contributed by atoms with Crippen LogP contribution in [0.3, 0.4) is 0 Å². The molecule has 1 fully saturated rings. The van der Waals surface area contributed by atoms with Crippen LogP contribution in [-0.2, 0) is 0 Å². The first-order chi connectivity index (χ1) is 13.8. The Balaban J connectivity index is 1.24. The van der Waals surface area contributed by atoms with Crippen molar-refractivity contribution < 1.29 is 9.32 Å². The van der Waals surface area contributed by atoms with Gasteiger partial charge in [0.15, 0.2) is 0 Å². The zero-order chi connectivity index (χ0) is 18.9. The van der Waals surface area contributed by atoms with Gasteiger partial charge >= 0.3 is 0 Å². The Morgan fingerprint density at radius 3 is 2.61 bits per heavy atom. The van der Waals surface area contributed by atoms with Crippen molar-refractivity contribution in [3.05, 3.63) is 65.8 Å². The second kappa shape index (κ2) is 6.93. The topological polar surface area (TPSA) is 97.9 Å². The number of hydrogen-bond donors (Lipinski definition) is 0. The van der Waals surface area contributed by atoms with E-state index in [0.29, 0.717) is 36.3 Å². The summed E-state index contributed by atoms with van der Waals surface area (Å²) in [6, 6.07) is 11.6. The third-order valence-corrected chi connectivity index (χ3v) is 5.36. The number of thiazole rings is 1. The number of amides is 1. The van der Waals surface area contributed by atoms with Crippen LogP contribution in [0.2, 0.25) is 0 Å². The van der Waals surface area contributed by atoms with Crippen LogP contribution in [0, 0.1) is 0 Å². The van der Waals surface area contributed by atoms with Gasteiger partial charge in [0.25, 0.3) is 5.91 Å². The molecule has 0 bridgehead atoms. The quantitative estimate of drug-likeness (QED) is 0.528. The monoisotopic (exact) mass is 390 g/mol. The number of hydrogen-bond acceptors (Lipinski definition) is 8. The standard InChI is InChI=1S/C19H14N6O2S/c26-19(14-11-28-18(22-14)12-5-2-1-3-6-12)25-9-13(10-25)17-23-16(24-27-17)15-20-7-4-8-21-15/h1-8,11,13H,9-10H2. The third-order valence-electron chi connectivity index (χ3n) is 4.47. The maximum absolute atomic E-state index is 12.7. The van der Waals surface area contributed by atoms with E-state index in [0.717, 1.165) is 10.6 Å². The minimum Gasteiger partial charge on any atom is -0.338 e. The van der Waals surface area contributed by atoms with Crippen LogP contribution in [0.15, 0.2) is 58.7 Å². The van der Waals surface area contributed by atoms with Crippen molar-refractivity contribution in [1.29, 1.82) is 0 Å². The smallest absolute Gasteiger partial charge is 0.273 e. The number of likely N-dealkylation sites (tertiary alicyclic amines) is 1. The summed E-state index contributed by atoms with van der Waals surface area (Å²) in [7, 11) is 0. The molecule has 28 heavy (non-hydrogen) atoms. The summed E-state index contributed by atoms with van der Waals surface area (Å²) >= 11 is 1.47. The molecule has 4 heterocycles. The van der Waals surface area contributed by atoms with E-state index in [-0.39, 0.29) is 11.8 Å². The highest BCUT2D eigenvalue weighted by atomic mass is 32.1. The molecule has 138 valence electrons. The summed E-state index contributed by atoms with van der Waals surface area (Å²) in [4.78, 5) is 31.5. The molecule has 0 aliphatic carbocycles. The van der Waals surface area contributed by atoms with Gasteiger partial charge in [0, 0.05) is 36.4 Å². The van der Waals surface area contributed by atoms with Crippen LogP contribution < -0.4 is 0 Å². The van der Waals surface area contributed by atoms with Crippen LogP contribution in [0.5, 0.6) is 0 Å². The second-order valence-electron chi connectivity index (χ2n) is 6.34. The maximum Gasteiger partial charge on any atom is 0.273 e. The van der Waals surface area contributed by atoms with Crippen LogP contribution >= 0.6 is 11.3 Å². The molecule has 3 aromatic heterocycles. The number of aromatic nitrogens is 5. The van der Waals surface area contributed by atoms with Gasteiger partial charge in [-0.15, -0.1) is 11.3 Å². The van der Waals surface area contributed by atoms with Crippen molar-refractivity contribution in [2.75, 3.05) is 13.1 Å². The van der Waals surface area contributed by atoms with Gasteiger partial charge in [-0.3, -0.25) is 4.79 Å². The Morgan fingerprint density at radius 1 is 1.04 bits per heavy atom. The van der Waals surface area contributed by atoms with Gasteiger partial charge in [-0.1, -0.05) is 35.5 Å². The molecule has 5 rings (SSSR count). The van der Waals surface area contributed by atoms with Crippen molar-refractivity contribution in [2.24, 2.45) is 0 Å². The van der Waals surface area contributed by atoms with Gasteiger partial charge in [0.05, 0.1) is 5.92 Å². The fourth-order valence-electron chi connectivity index (χ4n) is 2.95. The van der Waals surface area contributed by atoms with Crippen molar-refractivity contribution >= 4 is 17.2 Å². The highest BCUT2D eigenvalue weighted by Crippen LogP contribution is 2.30. The molecule has 0 atom stereocenters. The summed E-state index contributed by atoms with van der Waals surface area (Å²) in [6.07, 6.45) is 3.25. The van der Waals surface area contributed by atoms with Gasteiger partial charge in [0.2, 0.25) is 17.5 Å². The fourth-order valence-corrected chi connectivity index (χ4v) is 3.75. The molecular formula is C19H14N6O2S. The molecule has 0 spiro atoms. The number of benzene rings is 1. The van der Waals surface area contributed by atoms with Gasteiger partial charge in [0.1, 0.15) is 10.7 Å². The van der Waals surface area contributed by atoms with Crippen molar-refractivity contribution in [3.8, 4) is 22.2 Å². The highest BCUT2D eigenvalue weighted by molar-refractivity contribution is 7.13. The van der Waals surface area contributed by atoms with Crippen molar-refractivity contribution in [3.63, 3.8) is 0 Å². The van der Waals surface area contributed by atoms with Gasteiger partial charge in [-0.25, -0.2) is 15.0 Å². The molecule has 1 aliphatic heterocycles. The fraction of sp³-hybridized carbons (Fsp3) is 0.158. The summed E-state index contributed by atoms with van der Waals surface area (Å²) in [5.41, 5.74) is 1.47. The van der Waals surface area contributed by atoms with E-state index < -0.39 is 0 Å². The predicted molar refractivity (Wildman–Crippen MR) is 102 cm³/mol. The van der Waals surface area contributed by atoms with Crippen LogP contribution in [0.25, 0.3) is 22.2 Å². The predicted octanol–water partition coefficient (Wildman–Crippen LogP) is 2.89. The Hall–Kier alpha value is -3.46. The third kappa shape index (κ3) is 3.05. The molecular weight excluding hydrogens is 376 g/mol. The molecule has 1 saturated heterocycles. The van der Waals surface area contributed by atoms with Crippen LogP contribution in [0.4, 0.5) is 0 Å². The molecule has 1 aliphatic rings. The lowest BCUT2D eigenvalue weighted by atomic mass is 10.00.